The highest BCUT2D eigenvalue weighted by Gasteiger charge is 2.23. The first-order valence-electron chi connectivity index (χ1n) is 5.23. The first-order chi connectivity index (χ1) is 7.43. The summed E-state index contributed by atoms with van der Waals surface area (Å²) in [5.74, 6) is -0.375. The number of hydrogen-bond donors (Lipinski definition) is 2. The molecule has 2 N–H and O–H groups in total. The lowest BCUT2D eigenvalue weighted by Gasteiger charge is -2.02. The smallest absolute Gasteiger partial charge is 0.161 e. The minimum absolute atomic E-state index is 0.0255. The van der Waals surface area contributed by atoms with Gasteiger partial charge in [0.15, 0.2) is 11.6 Å². The third-order valence-corrected chi connectivity index (χ3v) is 2.84. The average molecular weight is 224 g/mol. The van der Waals surface area contributed by atoms with E-state index in [2.05, 4.69) is 0 Å². The highest BCUT2D eigenvalue weighted by atomic mass is 16.3. The Bertz CT molecular complexity index is 309. The summed E-state index contributed by atoms with van der Waals surface area (Å²) in [4.78, 5) is 21.1. The zero-order chi connectivity index (χ0) is 12.3. The second-order valence-corrected chi connectivity index (χ2v) is 4.08. The van der Waals surface area contributed by atoms with Crippen molar-refractivity contribution in [3.63, 3.8) is 0 Å². The van der Waals surface area contributed by atoms with E-state index < -0.39 is 12.2 Å². The fraction of sp³-hybridized carbons (Fsp3) is 0.500. The quantitative estimate of drug-likeness (QED) is 0.618. The SMILES string of the molecule is CC1C(=O)C=CC1O.CC1C(=O)C=CC1O. The predicted octanol–water partition coefficient (Wildman–Crippen LogP) is 0.245. The Morgan fingerprint density at radius 1 is 0.875 bits per heavy atom. The molecule has 0 radical (unpaired) electrons. The molecular weight excluding hydrogens is 208 g/mol. The summed E-state index contributed by atoms with van der Waals surface area (Å²) >= 11 is 0. The van der Waals surface area contributed by atoms with Crippen molar-refractivity contribution in [3.8, 4) is 0 Å². The van der Waals surface area contributed by atoms with Crippen LogP contribution >= 0.6 is 0 Å². The van der Waals surface area contributed by atoms with E-state index >= 15 is 0 Å². The van der Waals surface area contributed by atoms with Gasteiger partial charge in [-0.1, -0.05) is 26.0 Å². The fourth-order valence-electron chi connectivity index (χ4n) is 1.36. The molecule has 0 aromatic carbocycles. The van der Waals surface area contributed by atoms with Gasteiger partial charge < -0.3 is 10.2 Å². The molecule has 16 heavy (non-hydrogen) atoms. The van der Waals surface area contributed by atoms with Crippen LogP contribution in [0.5, 0.6) is 0 Å². The van der Waals surface area contributed by atoms with Crippen molar-refractivity contribution in [2.45, 2.75) is 26.1 Å². The Labute approximate surface area is 94.3 Å². The fourth-order valence-corrected chi connectivity index (χ4v) is 1.36. The molecule has 4 nitrogen and oxygen atoms in total. The van der Waals surface area contributed by atoms with Gasteiger partial charge in [-0.05, 0) is 12.2 Å². The summed E-state index contributed by atoms with van der Waals surface area (Å²) < 4.78 is 0. The van der Waals surface area contributed by atoms with Crippen LogP contribution in [-0.4, -0.2) is 34.0 Å². The molecule has 0 saturated carbocycles. The average Bonchev–Trinajstić information content (AvgIpc) is 2.70. The van der Waals surface area contributed by atoms with Gasteiger partial charge in [0.1, 0.15) is 0 Å². The van der Waals surface area contributed by atoms with Gasteiger partial charge >= 0.3 is 0 Å². The molecule has 0 saturated heterocycles. The van der Waals surface area contributed by atoms with Crippen molar-refractivity contribution < 1.29 is 19.8 Å². The first-order valence-corrected chi connectivity index (χ1v) is 5.23. The van der Waals surface area contributed by atoms with Gasteiger partial charge in [0.2, 0.25) is 0 Å². The van der Waals surface area contributed by atoms with E-state index in [4.69, 9.17) is 10.2 Å². The maximum Gasteiger partial charge on any atom is 0.161 e. The zero-order valence-electron chi connectivity index (χ0n) is 9.33. The van der Waals surface area contributed by atoms with Crippen LogP contribution in [0.3, 0.4) is 0 Å². The van der Waals surface area contributed by atoms with Gasteiger partial charge in [-0.25, -0.2) is 0 Å². The molecule has 2 rings (SSSR count). The minimum Gasteiger partial charge on any atom is -0.388 e. The molecule has 88 valence electrons. The largest absolute Gasteiger partial charge is 0.388 e. The van der Waals surface area contributed by atoms with Gasteiger partial charge in [0.05, 0.1) is 12.2 Å². The molecule has 4 heteroatoms. The molecule has 4 unspecified atom stereocenters. The molecule has 0 aliphatic heterocycles. The van der Waals surface area contributed by atoms with Crippen LogP contribution in [0.1, 0.15) is 13.8 Å². The molecule has 4 atom stereocenters. The maximum atomic E-state index is 10.5. The Kier molecular flexibility index (Phi) is 4.15. The highest BCUT2D eigenvalue weighted by molar-refractivity contribution is 5.95. The Hall–Kier alpha value is -1.26. The number of carbonyl (C=O) groups excluding carboxylic acids is 2. The van der Waals surface area contributed by atoms with Crippen molar-refractivity contribution in [3.05, 3.63) is 24.3 Å². The van der Waals surface area contributed by atoms with Crippen LogP contribution in [0.15, 0.2) is 24.3 Å². The van der Waals surface area contributed by atoms with E-state index in [1.807, 2.05) is 0 Å². The molecule has 2 aliphatic rings. The van der Waals surface area contributed by atoms with Crippen molar-refractivity contribution in [1.82, 2.24) is 0 Å². The van der Waals surface area contributed by atoms with E-state index in [1.165, 1.54) is 24.3 Å². The number of allylic oxidation sites excluding steroid dienone is 2. The summed E-state index contributed by atoms with van der Waals surface area (Å²) in [5.41, 5.74) is 0. The van der Waals surface area contributed by atoms with E-state index in [0.29, 0.717) is 0 Å². The van der Waals surface area contributed by atoms with E-state index in [9.17, 15) is 9.59 Å². The molecule has 0 aromatic rings. The molecule has 0 heterocycles. The molecule has 0 fully saturated rings. The number of rotatable bonds is 0. The van der Waals surface area contributed by atoms with Crippen LogP contribution in [0.2, 0.25) is 0 Å². The summed E-state index contributed by atoms with van der Waals surface area (Å²) in [6.07, 6.45) is 4.81. The highest BCUT2D eigenvalue weighted by Crippen LogP contribution is 2.13. The maximum absolute atomic E-state index is 10.5. The monoisotopic (exact) mass is 224 g/mol. The third-order valence-electron chi connectivity index (χ3n) is 2.84. The van der Waals surface area contributed by atoms with Crippen LogP contribution in [0, 0.1) is 11.8 Å². The van der Waals surface area contributed by atoms with Crippen LogP contribution < -0.4 is 0 Å². The summed E-state index contributed by atoms with van der Waals surface area (Å²) in [6, 6.07) is 0. The van der Waals surface area contributed by atoms with E-state index in [-0.39, 0.29) is 23.4 Å². The molecule has 2 aliphatic carbocycles. The van der Waals surface area contributed by atoms with Gasteiger partial charge in [-0.3, -0.25) is 9.59 Å². The molecule has 0 amide bonds. The summed E-state index contributed by atoms with van der Waals surface area (Å²) in [7, 11) is 0. The Morgan fingerprint density at radius 3 is 1.25 bits per heavy atom. The van der Waals surface area contributed by atoms with E-state index in [1.54, 1.807) is 13.8 Å². The van der Waals surface area contributed by atoms with Crippen LogP contribution in [-0.2, 0) is 9.59 Å². The Balaban J connectivity index is 0.000000160. The zero-order valence-corrected chi connectivity index (χ0v) is 9.33. The molecule has 0 bridgehead atoms. The normalized spacial score (nSPS) is 36.5. The summed E-state index contributed by atoms with van der Waals surface area (Å²) in [5, 5.41) is 17.7. The number of ketones is 2. The van der Waals surface area contributed by atoms with Gasteiger partial charge in [-0.2, -0.15) is 0 Å². The standard InChI is InChI=1S/2C6H8O2/c2*1-4-5(7)2-3-6(4)8/h2*2-5,7H,1H3. The van der Waals surface area contributed by atoms with Crippen molar-refractivity contribution in [2.75, 3.05) is 0 Å². The van der Waals surface area contributed by atoms with Gasteiger partial charge in [0, 0.05) is 11.8 Å². The number of aliphatic hydroxyl groups is 2. The third kappa shape index (κ3) is 2.87. The molecule has 0 aromatic heterocycles. The number of aliphatic hydroxyl groups excluding tert-OH is 2. The van der Waals surface area contributed by atoms with Crippen molar-refractivity contribution in [2.24, 2.45) is 11.8 Å². The number of carbonyl (C=O) groups is 2. The Morgan fingerprint density at radius 2 is 1.19 bits per heavy atom. The van der Waals surface area contributed by atoms with Gasteiger partial charge in [-0.15, -0.1) is 0 Å². The predicted molar refractivity (Wildman–Crippen MR) is 58.6 cm³/mol. The lowest BCUT2D eigenvalue weighted by atomic mass is 10.1. The second kappa shape index (κ2) is 5.18. The lowest BCUT2D eigenvalue weighted by Crippen LogP contribution is -2.15. The van der Waals surface area contributed by atoms with Gasteiger partial charge in [0.25, 0.3) is 0 Å². The lowest BCUT2D eigenvalue weighted by molar-refractivity contribution is -0.119. The van der Waals surface area contributed by atoms with Crippen LogP contribution in [0.25, 0.3) is 0 Å². The number of hydrogen-bond acceptors (Lipinski definition) is 4. The molecular formula is C12H16O4. The van der Waals surface area contributed by atoms with Crippen molar-refractivity contribution >= 4 is 11.6 Å². The second-order valence-electron chi connectivity index (χ2n) is 4.08. The van der Waals surface area contributed by atoms with Crippen LogP contribution in [0.4, 0.5) is 0 Å². The first kappa shape index (κ1) is 12.8. The minimum atomic E-state index is -0.539. The molecule has 0 spiro atoms. The van der Waals surface area contributed by atoms with E-state index in [0.717, 1.165) is 0 Å². The van der Waals surface area contributed by atoms with Crippen molar-refractivity contribution in [1.29, 1.82) is 0 Å². The summed E-state index contributed by atoms with van der Waals surface area (Å²) in [6.45, 7) is 3.43. The topological polar surface area (TPSA) is 74.6 Å².